The average molecular weight is 473 g/mol. The Balaban J connectivity index is 1.31. The third kappa shape index (κ3) is 2.74. The third-order valence-electron chi connectivity index (χ3n) is 7.27. The number of H-pyrrole nitrogens is 1. The Hall–Kier alpha value is -4.78. The monoisotopic (exact) mass is 472 g/mol. The summed E-state index contributed by atoms with van der Waals surface area (Å²) in [6.07, 6.45) is 3.12. The zero-order chi connectivity index (χ0) is 24.6. The molecule has 36 heavy (non-hydrogen) atoms. The van der Waals surface area contributed by atoms with E-state index in [1.165, 1.54) is 22.0 Å². The molecular formula is C29H20N4O3. The number of imide groups is 1. The molecule has 2 heterocycles. The Bertz CT molecular complexity index is 1810. The van der Waals surface area contributed by atoms with E-state index in [0.717, 1.165) is 39.4 Å². The number of rotatable bonds is 3. The lowest BCUT2D eigenvalue weighted by Crippen LogP contribution is -2.36. The van der Waals surface area contributed by atoms with E-state index in [1.807, 2.05) is 54.6 Å². The van der Waals surface area contributed by atoms with E-state index in [-0.39, 0.29) is 11.1 Å². The highest BCUT2D eigenvalue weighted by Gasteiger charge is 2.35. The number of hydrogen-bond donors (Lipinski definition) is 1. The van der Waals surface area contributed by atoms with Gasteiger partial charge >= 0.3 is 0 Å². The van der Waals surface area contributed by atoms with Gasteiger partial charge in [-0.3, -0.25) is 19.5 Å². The summed E-state index contributed by atoms with van der Waals surface area (Å²) in [7, 11) is 0. The molecule has 174 valence electrons. The van der Waals surface area contributed by atoms with E-state index in [0.29, 0.717) is 22.5 Å². The van der Waals surface area contributed by atoms with E-state index in [4.69, 9.17) is 0 Å². The normalized spacial score (nSPS) is 14.6. The maximum Gasteiger partial charge on any atom is 0.282 e. The number of hydrogen-bond acceptors (Lipinski definition) is 4. The molecule has 7 heteroatoms. The molecule has 0 unspecified atom stereocenters. The van der Waals surface area contributed by atoms with E-state index in [9.17, 15) is 14.4 Å². The summed E-state index contributed by atoms with van der Waals surface area (Å²) in [6, 6.07) is 21.1. The van der Waals surface area contributed by atoms with Crippen LogP contribution >= 0.6 is 0 Å². The molecule has 0 atom stereocenters. The number of benzene rings is 4. The number of aryl methyl sites for hydroxylation is 3. The number of carbonyl (C=O) groups excluding carboxylic acids is 2. The fourth-order valence-electron chi connectivity index (χ4n) is 5.51. The number of amides is 2. The van der Waals surface area contributed by atoms with Gasteiger partial charge in [0.1, 0.15) is 0 Å². The second-order valence-electron chi connectivity index (χ2n) is 9.25. The predicted octanol–water partition coefficient (Wildman–Crippen LogP) is 4.51. The van der Waals surface area contributed by atoms with Crippen molar-refractivity contribution in [3.63, 3.8) is 0 Å². The molecule has 2 aliphatic rings. The molecule has 7 nitrogen and oxygen atoms in total. The zero-order valence-corrected chi connectivity index (χ0v) is 19.4. The van der Waals surface area contributed by atoms with Gasteiger partial charge in [-0.2, -0.15) is 10.1 Å². The summed E-state index contributed by atoms with van der Waals surface area (Å²) in [6.45, 7) is 1.76. The van der Waals surface area contributed by atoms with Gasteiger partial charge in [-0.05, 0) is 59.9 Å². The Morgan fingerprint density at radius 1 is 0.806 bits per heavy atom. The van der Waals surface area contributed by atoms with Crippen molar-refractivity contribution < 1.29 is 9.59 Å². The maximum atomic E-state index is 13.4. The molecule has 1 aliphatic carbocycles. The van der Waals surface area contributed by atoms with E-state index in [1.54, 1.807) is 19.1 Å². The van der Waals surface area contributed by atoms with Gasteiger partial charge in [-0.1, -0.05) is 48.5 Å². The molecule has 5 aromatic rings. The minimum Gasteiger partial charge on any atom is -0.295 e. The van der Waals surface area contributed by atoms with Crippen LogP contribution in [0, 0.1) is 6.92 Å². The van der Waals surface area contributed by atoms with Crippen molar-refractivity contribution in [2.24, 2.45) is 5.10 Å². The molecule has 1 N–H and O–H groups in total. The fraction of sp³-hybridized carbons (Fsp3) is 0.103. The minimum atomic E-state index is -0.484. The van der Waals surface area contributed by atoms with Crippen molar-refractivity contribution in [2.45, 2.75) is 19.8 Å². The molecule has 0 saturated heterocycles. The lowest BCUT2D eigenvalue weighted by Gasteiger charge is -2.23. The molecule has 0 saturated carbocycles. The Morgan fingerprint density at radius 2 is 1.47 bits per heavy atom. The lowest BCUT2D eigenvalue weighted by molar-refractivity contribution is 0.0616. The molecule has 0 radical (unpaired) electrons. The first-order valence-electron chi connectivity index (χ1n) is 11.8. The first-order chi connectivity index (χ1) is 17.5. The van der Waals surface area contributed by atoms with Crippen LogP contribution in [-0.4, -0.2) is 32.8 Å². The first-order valence-corrected chi connectivity index (χ1v) is 11.8. The van der Waals surface area contributed by atoms with E-state index < -0.39 is 11.8 Å². The molecule has 1 aromatic heterocycles. The molecule has 1 aliphatic heterocycles. The van der Waals surface area contributed by atoms with Gasteiger partial charge in [0.2, 0.25) is 0 Å². The fourth-order valence-corrected chi connectivity index (χ4v) is 5.51. The van der Waals surface area contributed by atoms with Gasteiger partial charge in [-0.25, -0.2) is 4.68 Å². The van der Waals surface area contributed by atoms with Crippen LogP contribution in [0.15, 0.2) is 76.6 Å². The highest BCUT2D eigenvalue weighted by Crippen LogP contribution is 2.38. The molecule has 7 rings (SSSR count). The smallest absolute Gasteiger partial charge is 0.282 e. The highest BCUT2D eigenvalue weighted by atomic mass is 16.2. The van der Waals surface area contributed by atoms with Crippen LogP contribution in [0.1, 0.15) is 43.1 Å². The number of aromatic nitrogens is 2. The minimum absolute atomic E-state index is 0.281. The number of hydrazone groups is 1. The van der Waals surface area contributed by atoms with Crippen LogP contribution in [0.2, 0.25) is 0 Å². The summed E-state index contributed by atoms with van der Waals surface area (Å²) < 4.78 is 1.47. The molecule has 0 fully saturated rings. The van der Waals surface area contributed by atoms with Crippen molar-refractivity contribution in [3.05, 3.63) is 111 Å². The van der Waals surface area contributed by atoms with Crippen LogP contribution in [0.5, 0.6) is 0 Å². The Labute approximate surface area is 205 Å². The average Bonchev–Trinajstić information content (AvgIpc) is 3.45. The molecule has 0 bridgehead atoms. The summed E-state index contributed by atoms with van der Waals surface area (Å²) in [5, 5.41) is 11.9. The third-order valence-corrected chi connectivity index (χ3v) is 7.27. The largest absolute Gasteiger partial charge is 0.295 e. The maximum absolute atomic E-state index is 13.4. The van der Waals surface area contributed by atoms with Gasteiger partial charge in [-0.15, -0.1) is 0 Å². The van der Waals surface area contributed by atoms with E-state index >= 15 is 0 Å². The highest BCUT2D eigenvalue weighted by molar-refractivity contribution is 6.26. The van der Waals surface area contributed by atoms with Gasteiger partial charge in [0, 0.05) is 16.5 Å². The quantitative estimate of drug-likeness (QED) is 0.310. The number of nitrogens with one attached hydrogen (secondary N) is 1. The van der Waals surface area contributed by atoms with Crippen LogP contribution in [-0.2, 0) is 12.8 Å². The molecule has 0 spiro atoms. The van der Waals surface area contributed by atoms with E-state index in [2.05, 4.69) is 10.2 Å². The summed E-state index contributed by atoms with van der Waals surface area (Å²) >= 11 is 0. The molecular weight excluding hydrogens is 452 g/mol. The van der Waals surface area contributed by atoms with Crippen molar-refractivity contribution >= 4 is 39.6 Å². The number of nitrogens with zero attached hydrogens (tertiary/aromatic N) is 3. The number of fused-ring (bicyclic) bond motifs is 1. The van der Waals surface area contributed by atoms with Gasteiger partial charge in [0.05, 0.1) is 28.6 Å². The summed E-state index contributed by atoms with van der Waals surface area (Å²) in [4.78, 5) is 40.0. The van der Waals surface area contributed by atoms with Crippen molar-refractivity contribution in [1.82, 2.24) is 14.8 Å². The van der Waals surface area contributed by atoms with Crippen LogP contribution < -0.4 is 5.56 Å². The van der Waals surface area contributed by atoms with Crippen LogP contribution in [0.4, 0.5) is 0 Å². The SMILES string of the molecule is Cc1[nH]n(-c2cccc3ccccc23)c(=O)c1C=NN1C(=O)c2ccc3c4c(ccc(c24)C1=O)CC3. The summed E-state index contributed by atoms with van der Waals surface area (Å²) in [5.41, 5.74) is 4.52. The zero-order valence-electron chi connectivity index (χ0n) is 19.4. The topological polar surface area (TPSA) is 87.5 Å². The predicted molar refractivity (Wildman–Crippen MR) is 138 cm³/mol. The second kappa shape index (κ2) is 7.36. The Kier molecular flexibility index (Phi) is 4.21. The van der Waals surface area contributed by atoms with Gasteiger partial charge < -0.3 is 0 Å². The van der Waals surface area contributed by atoms with Crippen molar-refractivity contribution in [2.75, 3.05) is 0 Å². The van der Waals surface area contributed by atoms with Crippen molar-refractivity contribution in [1.29, 1.82) is 0 Å². The summed E-state index contributed by atoms with van der Waals surface area (Å²) in [5.74, 6) is -0.969. The lowest BCUT2D eigenvalue weighted by atomic mass is 9.92. The standard InChI is InChI=1S/C29H20N4O3/c1-16-23(29(36)32(31-16)24-8-4-6-17-5-2-3-7-20(17)24)15-30-33-27(34)21-13-11-18-9-10-19-12-14-22(28(33)35)26(21)25(18)19/h2-8,11-15,31H,9-10H2,1H3. The molecule has 2 amide bonds. The van der Waals surface area contributed by atoms with Crippen LogP contribution in [0.25, 0.3) is 27.2 Å². The van der Waals surface area contributed by atoms with Gasteiger partial charge in [0.15, 0.2) is 0 Å². The van der Waals surface area contributed by atoms with Crippen LogP contribution in [0.3, 0.4) is 0 Å². The molecule has 4 aromatic carbocycles. The number of aromatic amines is 1. The van der Waals surface area contributed by atoms with Gasteiger partial charge in [0.25, 0.3) is 17.4 Å². The number of carbonyl (C=O) groups is 2. The Morgan fingerprint density at radius 3 is 2.19 bits per heavy atom. The van der Waals surface area contributed by atoms with Crippen molar-refractivity contribution in [3.8, 4) is 5.69 Å². The first kappa shape index (κ1) is 20.6. The second-order valence-corrected chi connectivity index (χ2v) is 9.25.